The van der Waals surface area contributed by atoms with Crippen LogP contribution in [0.5, 0.6) is 11.5 Å². The summed E-state index contributed by atoms with van der Waals surface area (Å²) in [6.07, 6.45) is -1.72. The molecule has 0 atom stereocenters. The van der Waals surface area contributed by atoms with E-state index in [1.165, 1.54) is 12.1 Å². The second-order valence-corrected chi connectivity index (χ2v) is 4.81. The number of hydrogen-bond donors (Lipinski definition) is 0. The van der Waals surface area contributed by atoms with Gasteiger partial charge in [0.2, 0.25) is 12.9 Å². The number of alkyl halides is 3. The molecule has 3 rings (SSSR count). The van der Waals surface area contributed by atoms with Crippen molar-refractivity contribution in [2.24, 2.45) is 4.99 Å². The summed E-state index contributed by atoms with van der Waals surface area (Å²) in [7, 11) is 0. The number of hydrogen-bond acceptors (Lipinski definition) is 4. The van der Waals surface area contributed by atoms with Gasteiger partial charge in [-0.05, 0) is 31.4 Å². The molecule has 0 N–H and O–H groups in total. The molecule has 7 heteroatoms. The molecule has 0 radical (unpaired) electrons. The van der Waals surface area contributed by atoms with E-state index < -0.39 is 17.3 Å². The zero-order chi connectivity index (χ0) is 14.4. The fourth-order valence-electron chi connectivity index (χ4n) is 2.69. The quantitative estimate of drug-likeness (QED) is 0.619. The predicted octanol–water partition coefficient (Wildman–Crippen LogP) is 3.15. The third-order valence-electron chi connectivity index (χ3n) is 3.75. The Morgan fingerprint density at radius 2 is 2.00 bits per heavy atom. The van der Waals surface area contributed by atoms with Gasteiger partial charge in [0, 0.05) is 5.56 Å². The number of nitrogens with zero attached hydrogens (tertiary/aromatic N) is 1. The Bertz CT molecular complexity index is 602. The lowest BCUT2D eigenvalue weighted by atomic mass is 9.70. The lowest BCUT2D eigenvalue weighted by Crippen LogP contribution is -2.34. The third kappa shape index (κ3) is 1.78. The van der Waals surface area contributed by atoms with Crippen molar-refractivity contribution < 1.29 is 27.4 Å². The van der Waals surface area contributed by atoms with Crippen molar-refractivity contribution >= 4 is 6.08 Å². The van der Waals surface area contributed by atoms with Crippen molar-refractivity contribution in [2.75, 3.05) is 6.79 Å². The highest BCUT2D eigenvalue weighted by Gasteiger charge is 2.49. The standard InChI is InChI=1S/C13H10F3NO3/c14-13(15,16)8-2-3-9-11(20-7-19-9)10(8)12(17-6-18)4-1-5-12/h2-3H,1,4-5,7H2. The summed E-state index contributed by atoms with van der Waals surface area (Å²) >= 11 is 0. The van der Waals surface area contributed by atoms with E-state index in [-0.39, 0.29) is 23.9 Å². The molecule has 1 aromatic rings. The molecule has 0 bridgehead atoms. The van der Waals surface area contributed by atoms with Gasteiger partial charge in [-0.2, -0.15) is 18.2 Å². The van der Waals surface area contributed by atoms with Crippen LogP contribution >= 0.6 is 0 Å². The Hall–Kier alpha value is -2.01. The molecule has 0 saturated heterocycles. The van der Waals surface area contributed by atoms with Crippen LogP contribution in [0.4, 0.5) is 13.2 Å². The van der Waals surface area contributed by atoms with E-state index in [0.717, 1.165) is 6.07 Å². The largest absolute Gasteiger partial charge is 0.454 e. The van der Waals surface area contributed by atoms with Gasteiger partial charge in [0.1, 0.15) is 5.54 Å². The second kappa shape index (κ2) is 4.24. The normalized spacial score (nSPS) is 19.1. The summed E-state index contributed by atoms with van der Waals surface area (Å²) in [6, 6.07) is 2.18. The fraction of sp³-hybridized carbons (Fsp3) is 0.462. The molecule has 1 aliphatic carbocycles. The molecular weight excluding hydrogens is 275 g/mol. The van der Waals surface area contributed by atoms with Gasteiger partial charge in [0.05, 0.1) is 5.56 Å². The molecule has 1 aromatic carbocycles. The average Bonchev–Trinajstić information content (AvgIpc) is 2.79. The molecule has 20 heavy (non-hydrogen) atoms. The SMILES string of the molecule is O=C=NC1(c2c(C(F)(F)F)ccc3c2OCO3)CCC1. The molecule has 0 spiro atoms. The maximum absolute atomic E-state index is 13.2. The number of ether oxygens (including phenoxy) is 2. The van der Waals surface area contributed by atoms with Crippen LogP contribution in [0.2, 0.25) is 0 Å². The number of carbonyl (C=O) groups excluding carboxylic acids is 1. The van der Waals surface area contributed by atoms with Gasteiger partial charge in [-0.3, -0.25) is 0 Å². The zero-order valence-electron chi connectivity index (χ0n) is 10.3. The van der Waals surface area contributed by atoms with Crippen molar-refractivity contribution in [1.82, 2.24) is 0 Å². The van der Waals surface area contributed by atoms with Gasteiger partial charge in [0.15, 0.2) is 11.5 Å². The maximum atomic E-state index is 13.2. The first-order chi connectivity index (χ1) is 9.48. The number of rotatable bonds is 2. The number of halogens is 3. The lowest BCUT2D eigenvalue weighted by molar-refractivity contribution is -0.139. The van der Waals surface area contributed by atoms with Gasteiger partial charge in [-0.1, -0.05) is 0 Å². The van der Waals surface area contributed by atoms with E-state index in [4.69, 9.17) is 9.47 Å². The first-order valence-corrected chi connectivity index (χ1v) is 6.07. The van der Waals surface area contributed by atoms with Crippen LogP contribution in [-0.4, -0.2) is 12.9 Å². The summed E-state index contributed by atoms with van der Waals surface area (Å²) in [5, 5.41) is 0. The van der Waals surface area contributed by atoms with Crippen LogP contribution in [0.15, 0.2) is 17.1 Å². The van der Waals surface area contributed by atoms with E-state index in [0.29, 0.717) is 19.3 Å². The molecule has 1 fully saturated rings. The minimum absolute atomic E-state index is 0.0403. The Balaban J connectivity index is 2.26. The van der Waals surface area contributed by atoms with E-state index in [2.05, 4.69) is 4.99 Å². The van der Waals surface area contributed by atoms with E-state index in [1.807, 2.05) is 0 Å². The summed E-state index contributed by atoms with van der Waals surface area (Å²) < 4.78 is 49.9. The van der Waals surface area contributed by atoms with E-state index >= 15 is 0 Å². The summed E-state index contributed by atoms with van der Waals surface area (Å²) in [5.41, 5.74) is -2.12. The first kappa shape index (κ1) is 13.0. The highest BCUT2D eigenvalue weighted by molar-refractivity contribution is 5.58. The Labute approximate surface area is 112 Å². The van der Waals surface area contributed by atoms with E-state index in [9.17, 15) is 18.0 Å². The third-order valence-corrected chi connectivity index (χ3v) is 3.75. The minimum Gasteiger partial charge on any atom is -0.454 e. The van der Waals surface area contributed by atoms with Crippen LogP contribution < -0.4 is 9.47 Å². The topological polar surface area (TPSA) is 47.9 Å². The minimum atomic E-state index is -4.54. The lowest BCUT2D eigenvalue weighted by Gasteiger charge is -2.39. The molecular formula is C13H10F3NO3. The molecule has 2 aliphatic rings. The molecule has 106 valence electrons. The number of isocyanates is 1. The van der Waals surface area contributed by atoms with Gasteiger partial charge in [0.25, 0.3) is 0 Å². The highest BCUT2D eigenvalue weighted by Crippen LogP contribution is 2.55. The number of fused-ring (bicyclic) bond motifs is 1. The van der Waals surface area contributed by atoms with Crippen LogP contribution in [0.25, 0.3) is 0 Å². The van der Waals surface area contributed by atoms with Crippen molar-refractivity contribution in [1.29, 1.82) is 0 Å². The summed E-state index contributed by atoms with van der Waals surface area (Å²) in [5.74, 6) is 0.291. The monoisotopic (exact) mass is 285 g/mol. The van der Waals surface area contributed by atoms with Crippen LogP contribution in [0.1, 0.15) is 30.4 Å². The predicted molar refractivity (Wildman–Crippen MR) is 61.2 cm³/mol. The van der Waals surface area contributed by atoms with Gasteiger partial charge >= 0.3 is 6.18 Å². The molecule has 1 aliphatic heterocycles. The van der Waals surface area contributed by atoms with Crippen molar-refractivity contribution in [3.8, 4) is 11.5 Å². The van der Waals surface area contributed by atoms with Gasteiger partial charge < -0.3 is 9.47 Å². The molecule has 4 nitrogen and oxygen atoms in total. The van der Waals surface area contributed by atoms with Crippen molar-refractivity contribution in [3.05, 3.63) is 23.3 Å². The summed E-state index contributed by atoms with van der Waals surface area (Å²) in [4.78, 5) is 14.2. The molecule has 0 amide bonds. The molecule has 0 aromatic heterocycles. The second-order valence-electron chi connectivity index (χ2n) is 4.81. The average molecular weight is 285 g/mol. The zero-order valence-corrected chi connectivity index (χ0v) is 10.3. The smallest absolute Gasteiger partial charge is 0.416 e. The molecule has 0 unspecified atom stereocenters. The number of aliphatic imine (C=N–C) groups is 1. The van der Waals surface area contributed by atoms with Crippen LogP contribution in [0, 0.1) is 0 Å². The summed E-state index contributed by atoms with van der Waals surface area (Å²) in [6.45, 7) is -0.134. The molecule has 1 heterocycles. The Kier molecular flexibility index (Phi) is 2.76. The highest BCUT2D eigenvalue weighted by atomic mass is 19.4. The first-order valence-electron chi connectivity index (χ1n) is 6.07. The number of benzene rings is 1. The van der Waals surface area contributed by atoms with Crippen LogP contribution in [0.3, 0.4) is 0 Å². The van der Waals surface area contributed by atoms with Gasteiger partial charge in [-0.25, -0.2) is 4.79 Å². The fourth-order valence-corrected chi connectivity index (χ4v) is 2.69. The Morgan fingerprint density at radius 3 is 2.55 bits per heavy atom. The van der Waals surface area contributed by atoms with Crippen molar-refractivity contribution in [3.63, 3.8) is 0 Å². The van der Waals surface area contributed by atoms with E-state index in [1.54, 1.807) is 0 Å². The van der Waals surface area contributed by atoms with Crippen LogP contribution in [-0.2, 0) is 16.5 Å². The Morgan fingerprint density at radius 1 is 1.25 bits per heavy atom. The molecule has 1 saturated carbocycles. The van der Waals surface area contributed by atoms with Crippen molar-refractivity contribution in [2.45, 2.75) is 31.0 Å². The van der Waals surface area contributed by atoms with Gasteiger partial charge in [-0.15, -0.1) is 0 Å². The maximum Gasteiger partial charge on any atom is 0.416 e.